The first-order chi connectivity index (χ1) is 14.5. The van der Waals surface area contributed by atoms with Crippen LogP contribution in [0, 0.1) is 11.7 Å². The van der Waals surface area contributed by atoms with Gasteiger partial charge in [0, 0.05) is 49.1 Å². The lowest BCUT2D eigenvalue weighted by Gasteiger charge is -2.38. The predicted molar refractivity (Wildman–Crippen MR) is 117 cm³/mol. The average molecular weight is 425 g/mol. The first kappa shape index (κ1) is 20.9. The van der Waals surface area contributed by atoms with Gasteiger partial charge in [-0.25, -0.2) is 4.39 Å². The van der Waals surface area contributed by atoms with E-state index in [1.165, 1.54) is 17.8 Å². The summed E-state index contributed by atoms with van der Waals surface area (Å²) in [5.41, 5.74) is 2.54. The third-order valence-electron chi connectivity index (χ3n) is 5.66. The van der Waals surface area contributed by atoms with Crippen molar-refractivity contribution in [3.8, 4) is 0 Å². The summed E-state index contributed by atoms with van der Waals surface area (Å²) in [4.78, 5) is 31.1. The minimum atomic E-state index is -0.581. The lowest BCUT2D eigenvalue weighted by molar-refractivity contribution is -0.126. The van der Waals surface area contributed by atoms with Gasteiger partial charge in [0.1, 0.15) is 5.82 Å². The van der Waals surface area contributed by atoms with Crippen LogP contribution in [-0.4, -0.2) is 39.1 Å². The normalized spacial score (nSPS) is 22.1. The fraction of sp³-hybridized carbons (Fsp3) is 0.375. The van der Waals surface area contributed by atoms with Crippen molar-refractivity contribution >= 4 is 28.7 Å². The van der Waals surface area contributed by atoms with E-state index in [4.69, 9.17) is 0 Å². The van der Waals surface area contributed by atoms with E-state index in [2.05, 4.69) is 16.0 Å². The Morgan fingerprint density at radius 1 is 1.17 bits per heavy atom. The highest BCUT2D eigenvalue weighted by molar-refractivity contribution is 8.14. The maximum atomic E-state index is 14.7. The molecule has 1 aromatic carbocycles. The van der Waals surface area contributed by atoms with Crippen LogP contribution in [0.3, 0.4) is 0 Å². The van der Waals surface area contributed by atoms with E-state index in [9.17, 15) is 14.0 Å². The Morgan fingerprint density at radius 2 is 1.90 bits per heavy atom. The molecule has 0 spiro atoms. The van der Waals surface area contributed by atoms with Crippen molar-refractivity contribution in [1.82, 2.24) is 9.88 Å². The van der Waals surface area contributed by atoms with Crippen LogP contribution in [0.2, 0.25) is 0 Å². The molecule has 2 aromatic rings. The average Bonchev–Trinajstić information content (AvgIpc) is 3.57. The number of carbonyl (C=O) groups is 2. The van der Waals surface area contributed by atoms with Crippen molar-refractivity contribution in [3.05, 3.63) is 71.3 Å². The molecule has 30 heavy (non-hydrogen) atoms. The van der Waals surface area contributed by atoms with Crippen LogP contribution in [-0.2, 0) is 9.59 Å². The lowest BCUT2D eigenvalue weighted by atomic mass is 9.93. The third kappa shape index (κ3) is 4.87. The van der Waals surface area contributed by atoms with Crippen LogP contribution in [0.1, 0.15) is 43.4 Å². The Bertz CT molecular complexity index is 959. The zero-order chi connectivity index (χ0) is 21.1. The molecule has 1 aliphatic heterocycles. The molecule has 1 saturated heterocycles. The van der Waals surface area contributed by atoms with Gasteiger partial charge in [-0.2, -0.15) is 0 Å². The first-order valence-electron chi connectivity index (χ1n) is 10.3. The number of likely N-dealkylation sites (tertiary alicyclic amines) is 1. The van der Waals surface area contributed by atoms with E-state index in [0.717, 1.165) is 30.4 Å². The molecule has 2 atom stereocenters. The van der Waals surface area contributed by atoms with Gasteiger partial charge in [0.25, 0.3) is 0 Å². The van der Waals surface area contributed by atoms with Gasteiger partial charge in [0.15, 0.2) is 10.9 Å². The Hall–Kier alpha value is -2.31. The second-order valence-electron chi connectivity index (χ2n) is 7.96. The summed E-state index contributed by atoms with van der Waals surface area (Å²) >= 11 is 1.33. The van der Waals surface area contributed by atoms with Crippen LogP contribution < -0.4 is 0 Å². The van der Waals surface area contributed by atoms with E-state index in [1.54, 1.807) is 37.5 Å². The molecule has 2 aliphatic rings. The Morgan fingerprint density at radius 3 is 2.57 bits per heavy atom. The van der Waals surface area contributed by atoms with Crippen molar-refractivity contribution in [2.24, 2.45) is 5.92 Å². The number of benzene rings is 1. The number of rotatable bonds is 6. The van der Waals surface area contributed by atoms with Crippen LogP contribution in [0.4, 0.5) is 4.39 Å². The zero-order valence-electron chi connectivity index (χ0n) is 17.0. The second-order valence-corrected chi connectivity index (χ2v) is 9.34. The largest absolute Gasteiger partial charge is 0.297 e. The van der Waals surface area contributed by atoms with Gasteiger partial charge in [-0.15, -0.1) is 0 Å². The van der Waals surface area contributed by atoms with Gasteiger partial charge < -0.3 is 0 Å². The molecule has 0 radical (unpaired) electrons. The Kier molecular flexibility index (Phi) is 6.44. The molecule has 4 rings (SSSR count). The minimum absolute atomic E-state index is 0.0338. The van der Waals surface area contributed by atoms with E-state index >= 15 is 0 Å². The smallest absolute Gasteiger partial charge is 0.186 e. The quantitative estimate of drug-likeness (QED) is 0.674. The van der Waals surface area contributed by atoms with Crippen molar-refractivity contribution in [1.29, 1.82) is 0 Å². The van der Waals surface area contributed by atoms with Gasteiger partial charge in [0.05, 0.1) is 6.04 Å². The molecule has 2 fully saturated rings. The molecule has 4 nitrogen and oxygen atoms in total. The number of thioether (sulfide) groups is 1. The molecule has 2 unspecified atom stereocenters. The summed E-state index contributed by atoms with van der Waals surface area (Å²) in [5, 5.41) is 0.137. The van der Waals surface area contributed by atoms with Gasteiger partial charge >= 0.3 is 0 Å². The molecule has 0 bridgehead atoms. The molecule has 6 heteroatoms. The molecule has 1 aliphatic carbocycles. The summed E-state index contributed by atoms with van der Waals surface area (Å²) in [6.07, 6.45) is 8.07. The highest BCUT2D eigenvalue weighted by atomic mass is 32.2. The summed E-state index contributed by atoms with van der Waals surface area (Å²) in [5.74, 6) is -0.191. The summed E-state index contributed by atoms with van der Waals surface area (Å²) in [7, 11) is 0. The molecule has 1 aromatic heterocycles. The molecular formula is C24H25FN2O2S. The van der Waals surface area contributed by atoms with Gasteiger partial charge in [-0.3, -0.25) is 19.5 Å². The second kappa shape index (κ2) is 9.23. The Balaban J connectivity index is 1.67. The number of nitrogens with zero attached hydrogens (tertiary/aromatic N) is 2. The fourth-order valence-corrected chi connectivity index (χ4v) is 4.99. The summed E-state index contributed by atoms with van der Waals surface area (Å²) in [6, 6.07) is 9.86. The number of pyridine rings is 1. The standard InChI is InChI=1S/C24H25FN2O2S/c1-16(28)30-22-10-13-27(15-19(22)14-17-8-11-26-12-9-17)23(24(29)18-6-7-18)20-4-2-3-5-21(20)25/h2-5,8-9,11-12,14,18,22-23H,6-7,10,13,15H2,1H3/b19-14+. The maximum absolute atomic E-state index is 14.7. The molecule has 2 heterocycles. The van der Waals surface area contributed by atoms with E-state index in [1.807, 2.05) is 12.1 Å². The number of aromatic nitrogens is 1. The summed E-state index contributed by atoms with van der Waals surface area (Å²) in [6.45, 7) is 2.76. The molecule has 0 N–H and O–H groups in total. The molecule has 0 amide bonds. The van der Waals surface area contributed by atoms with Gasteiger partial charge in [-0.1, -0.05) is 36.0 Å². The Labute approximate surface area is 180 Å². The van der Waals surface area contributed by atoms with Crippen LogP contribution >= 0.6 is 11.8 Å². The van der Waals surface area contributed by atoms with Gasteiger partial charge in [0.2, 0.25) is 0 Å². The maximum Gasteiger partial charge on any atom is 0.186 e. The number of Topliss-reactive ketones (excluding diaryl/α,β-unsaturated/α-hetero) is 1. The predicted octanol–water partition coefficient (Wildman–Crippen LogP) is 4.68. The van der Waals surface area contributed by atoms with Crippen LogP contribution in [0.15, 0.2) is 54.4 Å². The summed E-state index contributed by atoms with van der Waals surface area (Å²) < 4.78 is 14.7. The number of carbonyl (C=O) groups excluding carboxylic acids is 2. The highest BCUT2D eigenvalue weighted by Gasteiger charge is 2.41. The lowest BCUT2D eigenvalue weighted by Crippen LogP contribution is -2.43. The van der Waals surface area contributed by atoms with Gasteiger partial charge in [-0.05, 0) is 48.6 Å². The number of piperidine rings is 1. The van der Waals surface area contributed by atoms with Crippen LogP contribution in [0.5, 0.6) is 0 Å². The minimum Gasteiger partial charge on any atom is -0.297 e. The number of hydrogen-bond acceptors (Lipinski definition) is 5. The number of hydrogen-bond donors (Lipinski definition) is 0. The fourth-order valence-electron chi connectivity index (χ4n) is 4.07. The highest BCUT2D eigenvalue weighted by Crippen LogP contribution is 2.40. The van der Waals surface area contributed by atoms with Crippen molar-refractivity contribution < 1.29 is 14.0 Å². The van der Waals surface area contributed by atoms with Crippen molar-refractivity contribution in [2.75, 3.05) is 13.1 Å². The molecule has 1 saturated carbocycles. The third-order valence-corrected chi connectivity index (χ3v) is 6.81. The number of halogens is 1. The van der Waals surface area contributed by atoms with E-state index in [0.29, 0.717) is 18.7 Å². The monoisotopic (exact) mass is 424 g/mol. The first-order valence-corrected chi connectivity index (χ1v) is 11.2. The molecular weight excluding hydrogens is 399 g/mol. The topological polar surface area (TPSA) is 50.3 Å². The van der Waals surface area contributed by atoms with Crippen LogP contribution in [0.25, 0.3) is 6.08 Å². The zero-order valence-corrected chi connectivity index (χ0v) is 17.8. The van der Waals surface area contributed by atoms with E-state index < -0.39 is 6.04 Å². The van der Waals surface area contributed by atoms with E-state index in [-0.39, 0.29) is 27.9 Å². The number of ketones is 1. The SMILES string of the molecule is CC(=O)SC1CCN(C(C(=O)C2CC2)c2ccccc2F)C/C1=C\c1ccncc1. The van der Waals surface area contributed by atoms with Crippen molar-refractivity contribution in [2.45, 2.75) is 37.5 Å². The molecule has 156 valence electrons. The van der Waals surface area contributed by atoms with Crippen molar-refractivity contribution in [3.63, 3.8) is 0 Å².